The van der Waals surface area contributed by atoms with Crippen LogP contribution >= 0.6 is 11.3 Å². The van der Waals surface area contributed by atoms with Crippen LogP contribution in [0.4, 0.5) is 0 Å². The lowest BCUT2D eigenvalue weighted by Gasteiger charge is -2.19. The number of hydrogen-bond acceptors (Lipinski definition) is 1. The maximum Gasteiger partial charge on any atom is 0.0496 e. The van der Waals surface area contributed by atoms with Gasteiger partial charge in [0, 0.05) is 49.0 Å². The second kappa shape index (κ2) is 4.86. The largest absolute Gasteiger partial charge is 0.344 e. The van der Waals surface area contributed by atoms with Crippen LogP contribution in [0, 0.1) is 0 Å². The van der Waals surface area contributed by atoms with Crippen molar-refractivity contribution in [3.63, 3.8) is 0 Å². The predicted molar refractivity (Wildman–Crippen MR) is 112 cm³/mol. The standard InChI is InChI=1S/C23H21NS/c1-23(2,3)14-9-10-15-18(13-14)24(4)17-11-12-20-22(21(15)17)16-7-5-6-8-19(16)25-20/h5-13H,1-4H3. The van der Waals surface area contributed by atoms with Crippen LogP contribution in [0.3, 0.4) is 0 Å². The van der Waals surface area contributed by atoms with Crippen LogP contribution in [-0.4, -0.2) is 4.57 Å². The van der Waals surface area contributed by atoms with E-state index in [-0.39, 0.29) is 5.41 Å². The molecule has 5 aromatic rings. The summed E-state index contributed by atoms with van der Waals surface area (Å²) in [5.41, 5.74) is 4.19. The quantitative estimate of drug-likeness (QED) is 0.285. The predicted octanol–water partition coefficient (Wildman–Crippen LogP) is 7.00. The molecule has 0 N–H and O–H groups in total. The molecule has 1 nitrogen and oxygen atoms in total. The van der Waals surface area contributed by atoms with Gasteiger partial charge in [-0.1, -0.05) is 51.1 Å². The Balaban J connectivity index is 2.02. The first-order chi connectivity index (χ1) is 11.9. The minimum Gasteiger partial charge on any atom is -0.344 e. The third kappa shape index (κ3) is 2.01. The van der Waals surface area contributed by atoms with Crippen LogP contribution in [-0.2, 0) is 12.5 Å². The minimum atomic E-state index is 0.162. The maximum absolute atomic E-state index is 2.37. The summed E-state index contributed by atoms with van der Waals surface area (Å²) in [5.74, 6) is 0. The number of fused-ring (bicyclic) bond motifs is 7. The average molecular weight is 343 g/mol. The fourth-order valence-electron chi connectivity index (χ4n) is 3.97. The third-order valence-corrected chi connectivity index (χ3v) is 6.51. The molecule has 0 fully saturated rings. The maximum atomic E-state index is 2.37. The van der Waals surface area contributed by atoms with Gasteiger partial charge in [0.25, 0.3) is 0 Å². The Morgan fingerprint density at radius 1 is 0.760 bits per heavy atom. The van der Waals surface area contributed by atoms with E-state index in [4.69, 9.17) is 0 Å². The van der Waals surface area contributed by atoms with Crippen LogP contribution in [0.5, 0.6) is 0 Å². The van der Waals surface area contributed by atoms with E-state index in [1.165, 1.54) is 47.5 Å². The lowest BCUT2D eigenvalue weighted by molar-refractivity contribution is 0.591. The van der Waals surface area contributed by atoms with Gasteiger partial charge in [-0.15, -0.1) is 11.3 Å². The smallest absolute Gasteiger partial charge is 0.0496 e. The third-order valence-electron chi connectivity index (χ3n) is 5.38. The van der Waals surface area contributed by atoms with Gasteiger partial charge in [0.2, 0.25) is 0 Å². The van der Waals surface area contributed by atoms with Crippen molar-refractivity contribution in [3.05, 3.63) is 60.2 Å². The number of thiophene rings is 1. The van der Waals surface area contributed by atoms with Crippen molar-refractivity contribution in [3.8, 4) is 0 Å². The zero-order valence-corrected chi connectivity index (χ0v) is 15.9. The molecular formula is C23H21NS. The van der Waals surface area contributed by atoms with Crippen LogP contribution in [0.25, 0.3) is 42.0 Å². The number of aryl methyl sites for hydroxylation is 1. The monoisotopic (exact) mass is 343 g/mol. The lowest BCUT2D eigenvalue weighted by atomic mass is 9.86. The van der Waals surface area contributed by atoms with Crippen molar-refractivity contribution in [2.45, 2.75) is 26.2 Å². The van der Waals surface area contributed by atoms with E-state index in [1.807, 2.05) is 11.3 Å². The van der Waals surface area contributed by atoms with Crippen molar-refractivity contribution in [2.24, 2.45) is 7.05 Å². The molecule has 0 unspecified atom stereocenters. The summed E-state index contributed by atoms with van der Waals surface area (Å²) in [6, 6.07) is 20.3. The lowest BCUT2D eigenvalue weighted by Crippen LogP contribution is -2.10. The SMILES string of the molecule is Cn1c2cc(C(C)(C)C)ccc2c2c3c(ccc21)sc1ccccc13. The van der Waals surface area contributed by atoms with Gasteiger partial charge in [-0.25, -0.2) is 0 Å². The molecule has 0 amide bonds. The molecule has 0 aliphatic rings. The van der Waals surface area contributed by atoms with E-state index in [0.717, 1.165) is 0 Å². The Morgan fingerprint density at radius 3 is 2.36 bits per heavy atom. The zero-order valence-electron chi connectivity index (χ0n) is 15.1. The first-order valence-corrected chi connectivity index (χ1v) is 9.60. The highest BCUT2D eigenvalue weighted by Crippen LogP contribution is 2.42. The summed E-state index contributed by atoms with van der Waals surface area (Å²) >= 11 is 1.89. The normalized spacial score (nSPS) is 12.8. The van der Waals surface area contributed by atoms with Gasteiger partial charge in [0.05, 0.1) is 0 Å². The van der Waals surface area contributed by atoms with Crippen LogP contribution in [0.1, 0.15) is 26.3 Å². The van der Waals surface area contributed by atoms with Crippen molar-refractivity contribution >= 4 is 53.3 Å². The fraction of sp³-hybridized carbons (Fsp3) is 0.217. The molecule has 0 atom stereocenters. The topological polar surface area (TPSA) is 4.93 Å². The summed E-state index contributed by atoms with van der Waals surface area (Å²) < 4.78 is 5.10. The van der Waals surface area contributed by atoms with Gasteiger partial charge in [0.1, 0.15) is 0 Å². The molecule has 0 bridgehead atoms. The summed E-state index contributed by atoms with van der Waals surface area (Å²) in [4.78, 5) is 0. The van der Waals surface area contributed by atoms with Crippen LogP contribution < -0.4 is 0 Å². The van der Waals surface area contributed by atoms with E-state index in [2.05, 4.69) is 87.0 Å². The molecule has 2 aromatic heterocycles. The van der Waals surface area contributed by atoms with E-state index in [0.29, 0.717) is 0 Å². The van der Waals surface area contributed by atoms with E-state index in [9.17, 15) is 0 Å². The van der Waals surface area contributed by atoms with Crippen molar-refractivity contribution in [1.82, 2.24) is 4.57 Å². The number of benzene rings is 3. The van der Waals surface area contributed by atoms with E-state index < -0.39 is 0 Å². The molecular weight excluding hydrogens is 322 g/mol. The Kier molecular flexibility index (Phi) is 2.91. The van der Waals surface area contributed by atoms with E-state index in [1.54, 1.807) is 0 Å². The molecule has 2 heteroatoms. The first kappa shape index (κ1) is 15.0. The second-order valence-corrected chi connectivity index (χ2v) is 9.06. The van der Waals surface area contributed by atoms with Gasteiger partial charge in [-0.05, 0) is 35.2 Å². The summed E-state index contributed by atoms with van der Waals surface area (Å²) in [7, 11) is 2.19. The fourth-order valence-corrected chi connectivity index (χ4v) is 5.09. The molecule has 5 rings (SSSR count). The Morgan fingerprint density at radius 2 is 1.56 bits per heavy atom. The minimum absolute atomic E-state index is 0.162. The summed E-state index contributed by atoms with van der Waals surface area (Å²) in [6.45, 7) is 6.84. The molecule has 2 heterocycles. The second-order valence-electron chi connectivity index (χ2n) is 7.97. The molecule has 3 aromatic carbocycles. The molecule has 0 radical (unpaired) electrons. The van der Waals surface area contributed by atoms with Gasteiger partial charge in [-0.2, -0.15) is 0 Å². The molecule has 0 spiro atoms. The Labute approximate surface area is 151 Å². The number of hydrogen-bond donors (Lipinski definition) is 0. The summed E-state index contributed by atoms with van der Waals surface area (Å²) in [6.07, 6.45) is 0. The van der Waals surface area contributed by atoms with E-state index >= 15 is 0 Å². The van der Waals surface area contributed by atoms with Crippen molar-refractivity contribution in [1.29, 1.82) is 0 Å². The highest BCUT2D eigenvalue weighted by atomic mass is 32.1. The Bertz CT molecular complexity index is 1280. The van der Waals surface area contributed by atoms with Gasteiger partial charge >= 0.3 is 0 Å². The van der Waals surface area contributed by atoms with Gasteiger partial charge in [-0.3, -0.25) is 0 Å². The molecule has 25 heavy (non-hydrogen) atoms. The number of nitrogens with zero attached hydrogens (tertiary/aromatic N) is 1. The van der Waals surface area contributed by atoms with Gasteiger partial charge < -0.3 is 4.57 Å². The van der Waals surface area contributed by atoms with Crippen LogP contribution in [0.2, 0.25) is 0 Å². The number of aromatic nitrogens is 1. The molecule has 0 aliphatic heterocycles. The average Bonchev–Trinajstić information content (AvgIpc) is 3.10. The molecule has 124 valence electrons. The van der Waals surface area contributed by atoms with Crippen molar-refractivity contribution in [2.75, 3.05) is 0 Å². The highest BCUT2D eigenvalue weighted by molar-refractivity contribution is 7.26. The Hall–Kier alpha value is -2.32. The molecule has 0 saturated heterocycles. The number of rotatable bonds is 0. The highest BCUT2D eigenvalue weighted by Gasteiger charge is 2.18. The molecule has 0 aliphatic carbocycles. The van der Waals surface area contributed by atoms with Gasteiger partial charge in [0.15, 0.2) is 0 Å². The first-order valence-electron chi connectivity index (χ1n) is 8.78. The van der Waals surface area contributed by atoms with Crippen molar-refractivity contribution < 1.29 is 0 Å². The summed E-state index contributed by atoms with van der Waals surface area (Å²) in [5, 5.41) is 5.54. The molecule has 0 saturated carbocycles. The zero-order chi connectivity index (χ0) is 17.3. The van der Waals surface area contributed by atoms with Crippen LogP contribution in [0.15, 0.2) is 54.6 Å².